The monoisotopic (exact) mass is 576 g/mol. The zero-order chi connectivity index (χ0) is 26.3. The van der Waals surface area contributed by atoms with Gasteiger partial charge in [0, 0.05) is 0 Å². The second kappa shape index (κ2) is 9.90. The first-order valence-corrected chi connectivity index (χ1v) is 24.6. The molecule has 0 spiro atoms. The van der Waals surface area contributed by atoms with Gasteiger partial charge in [-0.25, -0.2) is 0 Å². The van der Waals surface area contributed by atoms with Gasteiger partial charge in [0.2, 0.25) is 0 Å². The van der Waals surface area contributed by atoms with Crippen molar-refractivity contribution in [3.8, 4) is 0 Å². The second-order valence-corrected chi connectivity index (χ2v) is 30.3. The maximum atomic E-state index is 2.45. The molecule has 0 unspecified atom stereocenters. The van der Waals surface area contributed by atoms with Gasteiger partial charge in [-0.3, -0.25) is 0 Å². The molecule has 0 saturated carbocycles. The van der Waals surface area contributed by atoms with Gasteiger partial charge in [0.15, 0.2) is 0 Å². The van der Waals surface area contributed by atoms with Gasteiger partial charge in [-0.1, -0.05) is 0 Å². The van der Waals surface area contributed by atoms with E-state index in [1.54, 1.807) is 0 Å². The molecule has 0 nitrogen and oxygen atoms in total. The van der Waals surface area contributed by atoms with Crippen LogP contribution in [0, 0.1) is 0 Å². The molecular formula is C34H38GeSi2. The van der Waals surface area contributed by atoms with E-state index in [2.05, 4.69) is 161 Å². The summed E-state index contributed by atoms with van der Waals surface area (Å²) in [7, 11) is -2.72. The summed E-state index contributed by atoms with van der Waals surface area (Å²) in [5.41, 5.74) is 2.75. The van der Waals surface area contributed by atoms with Gasteiger partial charge in [0.1, 0.15) is 0 Å². The van der Waals surface area contributed by atoms with Crippen LogP contribution < -0.4 is 19.2 Å². The number of benzene rings is 4. The van der Waals surface area contributed by atoms with Crippen molar-refractivity contribution >= 4 is 57.4 Å². The molecule has 37 heavy (non-hydrogen) atoms. The van der Waals surface area contributed by atoms with E-state index < -0.39 is 29.4 Å². The Morgan fingerprint density at radius 1 is 0.405 bits per heavy atom. The Labute approximate surface area is 228 Å². The predicted octanol–water partition coefficient (Wildman–Crippen LogP) is 6.60. The first-order valence-electron chi connectivity index (χ1n) is 13.4. The molecule has 0 saturated heterocycles. The quantitative estimate of drug-likeness (QED) is 0.228. The van der Waals surface area contributed by atoms with Crippen LogP contribution in [0.2, 0.25) is 39.3 Å². The van der Waals surface area contributed by atoms with E-state index in [0.29, 0.717) is 0 Å². The van der Waals surface area contributed by atoms with Gasteiger partial charge >= 0.3 is 229 Å². The van der Waals surface area contributed by atoms with Crippen LogP contribution in [0.15, 0.2) is 121 Å². The van der Waals surface area contributed by atoms with Crippen LogP contribution in [0.4, 0.5) is 0 Å². The minimum absolute atomic E-state index is 1.36. The molecule has 0 radical (unpaired) electrons. The van der Waals surface area contributed by atoms with Gasteiger partial charge in [0.05, 0.1) is 0 Å². The van der Waals surface area contributed by atoms with Crippen LogP contribution in [0.1, 0.15) is 11.1 Å². The molecule has 0 aliphatic carbocycles. The molecule has 5 rings (SSSR count). The van der Waals surface area contributed by atoms with E-state index in [-0.39, 0.29) is 0 Å². The van der Waals surface area contributed by atoms with Gasteiger partial charge < -0.3 is 0 Å². The van der Waals surface area contributed by atoms with E-state index >= 15 is 0 Å². The Morgan fingerprint density at radius 3 is 1.03 bits per heavy atom. The summed E-state index contributed by atoms with van der Waals surface area (Å²) in [6, 6.07) is 41.9. The Morgan fingerprint density at radius 2 is 0.730 bits per heavy atom. The average Bonchev–Trinajstić information content (AvgIpc) is 3.30. The molecule has 0 amide bonds. The third-order valence-corrected chi connectivity index (χ3v) is 22.2. The van der Waals surface area contributed by atoms with Gasteiger partial charge in [-0.2, -0.15) is 0 Å². The topological polar surface area (TPSA) is 0 Å². The van der Waals surface area contributed by atoms with E-state index in [1.165, 1.54) is 39.1 Å². The van der Waals surface area contributed by atoms with Crippen LogP contribution in [0.5, 0.6) is 0 Å². The van der Waals surface area contributed by atoms with Crippen molar-refractivity contribution in [2.75, 3.05) is 0 Å². The van der Waals surface area contributed by atoms with Crippen LogP contribution in [-0.4, -0.2) is 29.4 Å². The molecule has 1 aliphatic rings. The summed E-state index contributed by atoms with van der Waals surface area (Å²) in [6.45, 7) is 14.6. The first kappa shape index (κ1) is 26.0. The van der Waals surface area contributed by atoms with Crippen LogP contribution in [0.25, 0.3) is 8.81 Å². The van der Waals surface area contributed by atoms with Crippen molar-refractivity contribution in [1.82, 2.24) is 0 Å². The van der Waals surface area contributed by atoms with Crippen molar-refractivity contribution < 1.29 is 0 Å². The summed E-state index contributed by atoms with van der Waals surface area (Å²) in [5, 5.41) is 3.03. The van der Waals surface area contributed by atoms with Crippen molar-refractivity contribution in [2.45, 2.75) is 39.3 Å². The van der Waals surface area contributed by atoms with Crippen LogP contribution in [-0.2, 0) is 0 Å². The Balaban J connectivity index is 1.74. The molecule has 0 aromatic heterocycles. The summed E-state index contributed by atoms with van der Waals surface area (Å²) in [6.07, 6.45) is 4.90. The molecule has 0 atom stereocenters. The fourth-order valence-corrected chi connectivity index (χ4v) is 18.7. The first-order chi connectivity index (χ1) is 17.6. The molecule has 0 N–H and O–H groups in total. The zero-order valence-corrected chi connectivity index (χ0v) is 27.1. The van der Waals surface area contributed by atoms with Crippen LogP contribution in [0.3, 0.4) is 0 Å². The van der Waals surface area contributed by atoms with E-state index in [9.17, 15) is 0 Å². The Bertz CT molecular complexity index is 1320. The molecular weight excluding hydrogens is 537 g/mol. The summed E-state index contributed by atoms with van der Waals surface area (Å²) >= 11 is -3.25. The average molecular weight is 575 g/mol. The summed E-state index contributed by atoms with van der Waals surface area (Å²) < 4.78 is 6.05. The van der Waals surface area contributed by atoms with Crippen molar-refractivity contribution in [1.29, 1.82) is 0 Å². The Hall–Kier alpha value is -2.66. The maximum absolute atomic E-state index is 3.25. The summed E-state index contributed by atoms with van der Waals surface area (Å²) in [5.74, 6) is 0. The van der Waals surface area contributed by atoms with Crippen molar-refractivity contribution in [3.63, 3.8) is 0 Å². The molecule has 4 aromatic rings. The number of rotatable bonds is 6. The molecule has 3 heteroatoms. The fraction of sp³-hybridized carbons (Fsp3) is 0.176. The predicted molar refractivity (Wildman–Crippen MR) is 173 cm³/mol. The van der Waals surface area contributed by atoms with E-state index in [1.807, 2.05) is 0 Å². The SMILES string of the molecule is C[Si](C)(C)c1ccc([C]2=CC=[C](c3ccc([Si](C)(C)C)cc3)[Ge]2([c]2ccccc2)[c]2ccccc2)cc1. The molecule has 0 bridgehead atoms. The van der Waals surface area contributed by atoms with E-state index in [4.69, 9.17) is 0 Å². The molecule has 1 aliphatic heterocycles. The molecule has 0 fully saturated rings. The Kier molecular flexibility index (Phi) is 6.95. The second-order valence-electron chi connectivity index (χ2n) is 12.3. The fourth-order valence-electron chi connectivity index (χ4n) is 5.65. The van der Waals surface area contributed by atoms with E-state index in [0.717, 1.165) is 0 Å². The summed E-state index contributed by atoms with van der Waals surface area (Å²) in [4.78, 5) is 0. The molecule has 1 heterocycles. The van der Waals surface area contributed by atoms with Gasteiger partial charge in [-0.15, -0.1) is 0 Å². The molecule has 4 aromatic carbocycles. The van der Waals surface area contributed by atoms with Gasteiger partial charge in [0.25, 0.3) is 0 Å². The van der Waals surface area contributed by atoms with Crippen LogP contribution >= 0.6 is 0 Å². The standard InChI is InChI=1S/C34H38GeSi2/c1-36(2,3)31-21-17-27(18-22-31)33-25-26-34(28-19-23-32(24-20-28)37(4,5)6)35(33,29-13-9-7-10-14-29)30-15-11-8-12-16-30/h7-26H,1-6H3. The molecule has 186 valence electrons. The number of hydrogen-bond acceptors (Lipinski definition) is 0. The third kappa shape index (κ3) is 4.83. The van der Waals surface area contributed by atoms with Gasteiger partial charge in [-0.05, 0) is 0 Å². The van der Waals surface area contributed by atoms with Crippen molar-refractivity contribution in [2.24, 2.45) is 0 Å². The van der Waals surface area contributed by atoms with Crippen molar-refractivity contribution in [3.05, 3.63) is 132 Å². The normalized spacial score (nSPS) is 15.3. The zero-order valence-electron chi connectivity index (χ0n) is 23.0. The number of allylic oxidation sites excluding steroid dienone is 2. The minimum atomic E-state index is -3.25. The number of hydrogen-bond donors (Lipinski definition) is 0. The third-order valence-electron chi connectivity index (χ3n) is 7.76.